The number of aromatic nitrogens is 1. The highest BCUT2D eigenvalue weighted by molar-refractivity contribution is 7.99. The molecule has 0 aliphatic carbocycles. The maximum Gasteiger partial charge on any atom is 0.259 e. The van der Waals surface area contributed by atoms with Crippen molar-refractivity contribution in [3.63, 3.8) is 0 Å². The molecule has 6 heteroatoms. The van der Waals surface area contributed by atoms with E-state index in [1.54, 1.807) is 18.3 Å². The van der Waals surface area contributed by atoms with Crippen LogP contribution in [0.15, 0.2) is 18.3 Å². The van der Waals surface area contributed by atoms with Crippen molar-refractivity contribution < 1.29 is 14.3 Å². The Bertz CT molecular complexity index is 524. The predicted octanol–water partition coefficient (Wildman–Crippen LogP) is 2.22. The van der Waals surface area contributed by atoms with Gasteiger partial charge in [0.15, 0.2) is 0 Å². The number of hydrogen-bond acceptors (Lipinski definition) is 5. The van der Waals surface area contributed by atoms with Crippen LogP contribution in [0.5, 0.6) is 5.88 Å². The fourth-order valence-electron chi connectivity index (χ4n) is 2.93. The lowest BCUT2D eigenvalue weighted by Gasteiger charge is -2.35. The van der Waals surface area contributed by atoms with E-state index in [9.17, 15) is 4.79 Å². The van der Waals surface area contributed by atoms with Crippen LogP contribution in [-0.2, 0) is 4.74 Å². The molecule has 1 aromatic rings. The van der Waals surface area contributed by atoms with Crippen molar-refractivity contribution in [2.45, 2.75) is 38.6 Å². The molecule has 120 valence electrons. The average molecular weight is 322 g/mol. The summed E-state index contributed by atoms with van der Waals surface area (Å²) in [5, 5.41) is 0. The molecular weight excluding hydrogens is 300 g/mol. The summed E-state index contributed by atoms with van der Waals surface area (Å²) in [6.45, 7) is 5.20. The van der Waals surface area contributed by atoms with E-state index in [0.29, 0.717) is 24.5 Å². The Labute approximate surface area is 135 Å². The van der Waals surface area contributed by atoms with Gasteiger partial charge >= 0.3 is 0 Å². The Morgan fingerprint density at radius 1 is 1.41 bits per heavy atom. The van der Waals surface area contributed by atoms with Crippen LogP contribution in [0.4, 0.5) is 0 Å². The third-order valence-corrected chi connectivity index (χ3v) is 5.01. The first-order valence-corrected chi connectivity index (χ1v) is 8.93. The molecule has 3 heterocycles. The molecule has 2 aliphatic heterocycles. The number of hydrogen-bond donors (Lipinski definition) is 0. The van der Waals surface area contributed by atoms with Crippen molar-refractivity contribution in [2.24, 2.45) is 0 Å². The molecule has 0 saturated carbocycles. The molecule has 0 bridgehead atoms. The highest BCUT2D eigenvalue weighted by atomic mass is 32.2. The minimum Gasteiger partial charge on any atom is -0.473 e. The second kappa shape index (κ2) is 6.87. The van der Waals surface area contributed by atoms with Gasteiger partial charge in [-0.05, 0) is 38.2 Å². The second-order valence-electron chi connectivity index (χ2n) is 5.93. The summed E-state index contributed by atoms with van der Waals surface area (Å²) in [7, 11) is 0. The van der Waals surface area contributed by atoms with Crippen molar-refractivity contribution in [1.29, 1.82) is 0 Å². The monoisotopic (exact) mass is 322 g/mol. The van der Waals surface area contributed by atoms with Gasteiger partial charge in [-0.3, -0.25) is 4.79 Å². The highest BCUT2D eigenvalue weighted by Crippen LogP contribution is 2.25. The van der Waals surface area contributed by atoms with Gasteiger partial charge in [-0.15, -0.1) is 0 Å². The first kappa shape index (κ1) is 15.6. The Morgan fingerprint density at radius 2 is 2.18 bits per heavy atom. The van der Waals surface area contributed by atoms with Gasteiger partial charge in [0.25, 0.3) is 5.91 Å². The summed E-state index contributed by atoms with van der Waals surface area (Å²) in [4.78, 5) is 19.0. The second-order valence-corrected chi connectivity index (χ2v) is 7.08. The Morgan fingerprint density at radius 3 is 2.86 bits per heavy atom. The van der Waals surface area contributed by atoms with Crippen LogP contribution in [0, 0.1) is 0 Å². The first-order chi connectivity index (χ1) is 10.6. The Balaban J connectivity index is 1.76. The average Bonchev–Trinajstić information content (AvgIpc) is 2.99. The first-order valence-electron chi connectivity index (χ1n) is 7.77. The van der Waals surface area contributed by atoms with Crippen molar-refractivity contribution in [2.75, 3.05) is 24.6 Å². The summed E-state index contributed by atoms with van der Waals surface area (Å²) in [6, 6.07) is 3.59. The van der Waals surface area contributed by atoms with Gasteiger partial charge in [-0.25, -0.2) is 4.98 Å². The maximum atomic E-state index is 12.8. The molecule has 0 radical (unpaired) electrons. The number of thioether (sulfide) groups is 1. The molecule has 2 aliphatic rings. The van der Waals surface area contributed by atoms with Gasteiger partial charge in [0.2, 0.25) is 5.88 Å². The van der Waals surface area contributed by atoms with Crippen molar-refractivity contribution >= 4 is 17.7 Å². The highest BCUT2D eigenvalue weighted by Gasteiger charge is 2.29. The summed E-state index contributed by atoms with van der Waals surface area (Å²) in [5.41, 5.74) is 0.556. The van der Waals surface area contributed by atoms with Crippen molar-refractivity contribution in [3.05, 3.63) is 23.9 Å². The molecule has 2 saturated heterocycles. The van der Waals surface area contributed by atoms with Crippen LogP contribution < -0.4 is 4.74 Å². The molecule has 5 nitrogen and oxygen atoms in total. The molecule has 3 unspecified atom stereocenters. The fraction of sp³-hybridized carbons (Fsp3) is 0.625. The number of rotatable bonds is 3. The molecule has 22 heavy (non-hydrogen) atoms. The van der Waals surface area contributed by atoms with Gasteiger partial charge in [0.05, 0.1) is 12.2 Å². The third kappa shape index (κ3) is 3.55. The predicted molar refractivity (Wildman–Crippen MR) is 86.5 cm³/mol. The lowest BCUT2D eigenvalue weighted by Crippen LogP contribution is -2.48. The number of pyridine rings is 1. The van der Waals surface area contributed by atoms with Crippen molar-refractivity contribution in [3.8, 4) is 5.88 Å². The standard InChI is InChI=1S/C16H22N2O3S/c1-11-8-18(9-12(2)20-11)16(19)14-4-3-6-17-15(14)21-13-5-7-22-10-13/h3-4,6,11-13H,5,7-10H2,1-2H3. The smallest absolute Gasteiger partial charge is 0.259 e. The van der Waals surface area contributed by atoms with Gasteiger partial charge < -0.3 is 14.4 Å². The molecule has 3 rings (SSSR count). The largest absolute Gasteiger partial charge is 0.473 e. The molecule has 0 aromatic carbocycles. The van der Waals surface area contributed by atoms with Gasteiger partial charge in [-0.1, -0.05) is 0 Å². The van der Waals surface area contributed by atoms with Crippen LogP contribution in [0.3, 0.4) is 0 Å². The SMILES string of the molecule is CC1CN(C(=O)c2cccnc2OC2CCSC2)CC(C)O1. The number of ether oxygens (including phenoxy) is 2. The van der Waals surface area contributed by atoms with Gasteiger partial charge in [-0.2, -0.15) is 11.8 Å². The van der Waals surface area contributed by atoms with Crippen LogP contribution in [-0.4, -0.2) is 58.7 Å². The minimum atomic E-state index is -0.0178. The summed E-state index contributed by atoms with van der Waals surface area (Å²) in [5.74, 6) is 2.53. The molecular formula is C16H22N2O3S. The Hall–Kier alpha value is -1.27. The van der Waals surface area contributed by atoms with Gasteiger partial charge in [0.1, 0.15) is 11.7 Å². The van der Waals surface area contributed by atoms with Gasteiger partial charge in [0, 0.05) is 25.0 Å². The number of carbonyl (C=O) groups excluding carboxylic acids is 1. The molecule has 2 fully saturated rings. The maximum absolute atomic E-state index is 12.8. The summed E-state index contributed by atoms with van der Waals surface area (Å²) < 4.78 is 11.7. The van der Waals surface area contributed by atoms with Crippen LogP contribution in [0.2, 0.25) is 0 Å². The van der Waals surface area contributed by atoms with E-state index in [0.717, 1.165) is 17.9 Å². The fourth-order valence-corrected chi connectivity index (χ4v) is 4.02. The molecule has 0 N–H and O–H groups in total. The Kier molecular flexibility index (Phi) is 4.88. The van der Waals surface area contributed by atoms with E-state index in [-0.39, 0.29) is 24.2 Å². The lowest BCUT2D eigenvalue weighted by molar-refractivity contribution is -0.0587. The van der Waals surface area contributed by atoms with E-state index in [4.69, 9.17) is 9.47 Å². The molecule has 0 spiro atoms. The summed E-state index contributed by atoms with van der Waals surface area (Å²) >= 11 is 1.88. The molecule has 3 atom stereocenters. The van der Waals surface area contributed by atoms with Crippen LogP contribution in [0.25, 0.3) is 0 Å². The number of nitrogens with zero attached hydrogens (tertiary/aromatic N) is 2. The zero-order valence-electron chi connectivity index (χ0n) is 13.0. The minimum absolute atomic E-state index is 0.0178. The topological polar surface area (TPSA) is 51.7 Å². The van der Waals surface area contributed by atoms with E-state index in [2.05, 4.69) is 4.98 Å². The van der Waals surface area contributed by atoms with E-state index < -0.39 is 0 Å². The van der Waals surface area contributed by atoms with Crippen molar-refractivity contribution in [1.82, 2.24) is 9.88 Å². The van der Waals surface area contributed by atoms with Crippen LogP contribution in [0.1, 0.15) is 30.6 Å². The zero-order valence-corrected chi connectivity index (χ0v) is 13.8. The molecule has 1 amide bonds. The number of amides is 1. The number of carbonyl (C=O) groups is 1. The number of morpholine rings is 1. The quantitative estimate of drug-likeness (QED) is 0.854. The van der Waals surface area contributed by atoms with E-state index >= 15 is 0 Å². The zero-order chi connectivity index (χ0) is 15.5. The molecule has 1 aromatic heterocycles. The van der Waals surface area contributed by atoms with E-state index in [1.807, 2.05) is 30.5 Å². The third-order valence-electron chi connectivity index (χ3n) is 3.87. The normalized spacial score (nSPS) is 28.6. The van der Waals surface area contributed by atoms with E-state index in [1.165, 1.54) is 0 Å². The summed E-state index contributed by atoms with van der Waals surface area (Å²) in [6.07, 6.45) is 2.97. The van der Waals surface area contributed by atoms with Crippen LogP contribution >= 0.6 is 11.8 Å². The lowest BCUT2D eigenvalue weighted by atomic mass is 10.1.